The van der Waals surface area contributed by atoms with E-state index in [4.69, 9.17) is 5.73 Å². The van der Waals surface area contributed by atoms with Gasteiger partial charge in [0.1, 0.15) is 0 Å². The average Bonchev–Trinajstić information content (AvgIpc) is 2.91. The van der Waals surface area contributed by atoms with Crippen LogP contribution in [0, 0.1) is 0 Å². The van der Waals surface area contributed by atoms with Crippen LogP contribution < -0.4 is 11.3 Å². The molecular formula is C15H22N2O. The second-order valence-electron chi connectivity index (χ2n) is 5.67. The molecule has 1 aromatic heterocycles. The molecule has 1 heterocycles. The molecule has 0 bridgehead atoms. The van der Waals surface area contributed by atoms with Gasteiger partial charge >= 0.3 is 0 Å². The van der Waals surface area contributed by atoms with Crippen LogP contribution in [0.4, 0.5) is 0 Å². The van der Waals surface area contributed by atoms with E-state index < -0.39 is 0 Å². The van der Waals surface area contributed by atoms with E-state index in [1.807, 2.05) is 0 Å². The van der Waals surface area contributed by atoms with Gasteiger partial charge in [0, 0.05) is 23.8 Å². The van der Waals surface area contributed by atoms with Gasteiger partial charge in [-0.15, -0.1) is 0 Å². The van der Waals surface area contributed by atoms with Gasteiger partial charge in [-0.05, 0) is 50.2 Å². The Kier molecular flexibility index (Phi) is 3.25. The van der Waals surface area contributed by atoms with Crippen molar-refractivity contribution in [3.63, 3.8) is 0 Å². The molecule has 0 atom stereocenters. The van der Waals surface area contributed by atoms with Crippen LogP contribution in [-0.2, 0) is 19.4 Å². The van der Waals surface area contributed by atoms with E-state index in [0.717, 1.165) is 18.4 Å². The first-order valence-electron chi connectivity index (χ1n) is 7.27. The van der Waals surface area contributed by atoms with Crippen LogP contribution in [-0.4, -0.2) is 4.57 Å². The Morgan fingerprint density at radius 3 is 2.61 bits per heavy atom. The van der Waals surface area contributed by atoms with Gasteiger partial charge in [-0.3, -0.25) is 4.79 Å². The Bertz CT molecular complexity index is 498. The number of aryl methyl sites for hydroxylation is 1. The summed E-state index contributed by atoms with van der Waals surface area (Å²) in [6.07, 6.45) is 9.53. The summed E-state index contributed by atoms with van der Waals surface area (Å²) < 4.78 is 2.11. The molecule has 2 aliphatic rings. The number of rotatable bonds is 2. The van der Waals surface area contributed by atoms with Crippen LogP contribution in [0.2, 0.25) is 0 Å². The molecule has 0 aromatic carbocycles. The number of aromatic nitrogens is 1. The Hall–Kier alpha value is -1.09. The molecule has 3 rings (SSSR count). The van der Waals surface area contributed by atoms with Crippen molar-refractivity contribution in [3.8, 4) is 0 Å². The maximum Gasteiger partial charge on any atom is 0.255 e. The van der Waals surface area contributed by atoms with Crippen molar-refractivity contribution < 1.29 is 0 Å². The molecular weight excluding hydrogens is 224 g/mol. The second kappa shape index (κ2) is 4.88. The van der Waals surface area contributed by atoms with Crippen molar-refractivity contribution >= 4 is 0 Å². The summed E-state index contributed by atoms with van der Waals surface area (Å²) in [6, 6.07) is 2.51. The third kappa shape index (κ3) is 1.91. The van der Waals surface area contributed by atoms with Gasteiger partial charge in [0.25, 0.3) is 5.56 Å². The van der Waals surface area contributed by atoms with Crippen molar-refractivity contribution in [2.45, 2.75) is 64.0 Å². The summed E-state index contributed by atoms with van der Waals surface area (Å²) in [5, 5.41) is 0. The third-order valence-electron chi connectivity index (χ3n) is 4.52. The van der Waals surface area contributed by atoms with E-state index in [9.17, 15) is 4.79 Å². The normalized spacial score (nSPS) is 20.1. The highest BCUT2D eigenvalue weighted by Gasteiger charge is 2.24. The molecule has 2 aliphatic carbocycles. The molecule has 0 amide bonds. The summed E-state index contributed by atoms with van der Waals surface area (Å²) in [7, 11) is 0. The lowest BCUT2D eigenvalue weighted by Gasteiger charge is -2.26. The molecule has 0 unspecified atom stereocenters. The maximum absolute atomic E-state index is 12.5. The van der Waals surface area contributed by atoms with E-state index in [1.54, 1.807) is 0 Å². The van der Waals surface area contributed by atoms with Gasteiger partial charge < -0.3 is 10.3 Å². The molecule has 0 radical (unpaired) electrons. The Morgan fingerprint density at radius 2 is 1.89 bits per heavy atom. The van der Waals surface area contributed by atoms with Crippen LogP contribution in [0.5, 0.6) is 0 Å². The van der Waals surface area contributed by atoms with Gasteiger partial charge in [0.2, 0.25) is 0 Å². The first kappa shape index (κ1) is 12.0. The lowest BCUT2D eigenvalue weighted by Crippen LogP contribution is -2.32. The molecule has 98 valence electrons. The summed E-state index contributed by atoms with van der Waals surface area (Å²) in [4.78, 5) is 12.5. The molecule has 2 N–H and O–H groups in total. The summed E-state index contributed by atoms with van der Waals surface area (Å²) in [6.45, 7) is 0.374. The Labute approximate surface area is 108 Å². The van der Waals surface area contributed by atoms with Gasteiger partial charge in [-0.25, -0.2) is 0 Å². The van der Waals surface area contributed by atoms with Crippen LogP contribution in [0.25, 0.3) is 0 Å². The van der Waals surface area contributed by atoms with Crippen LogP contribution in [0.15, 0.2) is 10.9 Å². The second-order valence-corrected chi connectivity index (χ2v) is 5.67. The van der Waals surface area contributed by atoms with E-state index in [1.165, 1.54) is 49.8 Å². The first-order chi connectivity index (χ1) is 8.81. The van der Waals surface area contributed by atoms with E-state index in [0.29, 0.717) is 12.6 Å². The summed E-state index contributed by atoms with van der Waals surface area (Å²) >= 11 is 0. The quantitative estimate of drug-likeness (QED) is 0.870. The number of fused-ring (bicyclic) bond motifs is 1. The predicted octanol–water partition coefficient (Wildman–Crippen LogP) is 2.30. The van der Waals surface area contributed by atoms with Gasteiger partial charge in [0.15, 0.2) is 0 Å². The highest BCUT2D eigenvalue weighted by Crippen LogP contribution is 2.32. The average molecular weight is 246 g/mol. The van der Waals surface area contributed by atoms with Gasteiger partial charge in [-0.1, -0.05) is 12.8 Å². The maximum atomic E-state index is 12.5. The molecule has 1 aromatic rings. The lowest BCUT2D eigenvalue weighted by atomic mass is 9.93. The number of nitrogens with zero attached hydrogens (tertiary/aromatic N) is 1. The third-order valence-corrected chi connectivity index (χ3v) is 4.52. The number of pyridine rings is 1. The zero-order valence-corrected chi connectivity index (χ0v) is 11.0. The van der Waals surface area contributed by atoms with Crippen LogP contribution in [0.1, 0.15) is 61.4 Å². The fraction of sp³-hybridized carbons (Fsp3) is 0.667. The van der Waals surface area contributed by atoms with Crippen molar-refractivity contribution in [3.05, 3.63) is 33.2 Å². The molecule has 0 aliphatic heterocycles. The van der Waals surface area contributed by atoms with Crippen molar-refractivity contribution in [2.24, 2.45) is 5.73 Å². The predicted molar refractivity (Wildman–Crippen MR) is 72.7 cm³/mol. The molecule has 0 saturated heterocycles. The number of nitrogens with two attached hydrogens (primary N) is 1. The molecule has 1 saturated carbocycles. The number of hydrogen-bond donors (Lipinski definition) is 1. The van der Waals surface area contributed by atoms with Crippen LogP contribution in [0.3, 0.4) is 0 Å². The van der Waals surface area contributed by atoms with E-state index in [2.05, 4.69) is 10.6 Å². The number of hydrogen-bond acceptors (Lipinski definition) is 2. The van der Waals surface area contributed by atoms with Crippen molar-refractivity contribution in [2.75, 3.05) is 0 Å². The fourth-order valence-corrected chi connectivity index (χ4v) is 3.59. The monoisotopic (exact) mass is 246 g/mol. The van der Waals surface area contributed by atoms with E-state index in [-0.39, 0.29) is 5.56 Å². The van der Waals surface area contributed by atoms with Crippen LogP contribution >= 0.6 is 0 Å². The summed E-state index contributed by atoms with van der Waals surface area (Å²) in [5.41, 5.74) is 9.43. The molecule has 3 nitrogen and oxygen atoms in total. The molecule has 18 heavy (non-hydrogen) atoms. The topological polar surface area (TPSA) is 48.0 Å². The first-order valence-corrected chi connectivity index (χ1v) is 7.27. The summed E-state index contributed by atoms with van der Waals surface area (Å²) in [5.74, 6) is 0. The zero-order chi connectivity index (χ0) is 12.5. The van der Waals surface area contributed by atoms with Gasteiger partial charge in [-0.2, -0.15) is 0 Å². The van der Waals surface area contributed by atoms with Crippen molar-refractivity contribution in [1.29, 1.82) is 0 Å². The standard InChI is InChI=1S/C15H22N2O/c16-10-12-9-11-5-1-4-8-14(11)17(15(12)18)13-6-2-3-7-13/h9,13H,1-8,10,16H2. The van der Waals surface area contributed by atoms with E-state index >= 15 is 0 Å². The highest BCUT2D eigenvalue weighted by molar-refractivity contribution is 5.29. The Morgan fingerprint density at radius 1 is 1.17 bits per heavy atom. The minimum atomic E-state index is 0.185. The molecule has 1 fully saturated rings. The fourth-order valence-electron chi connectivity index (χ4n) is 3.59. The smallest absolute Gasteiger partial charge is 0.255 e. The molecule has 0 spiro atoms. The molecule has 3 heteroatoms. The largest absolute Gasteiger partial charge is 0.326 e. The zero-order valence-electron chi connectivity index (χ0n) is 11.0. The lowest BCUT2D eigenvalue weighted by molar-refractivity contribution is 0.462. The minimum absolute atomic E-state index is 0.185. The minimum Gasteiger partial charge on any atom is -0.326 e. The highest BCUT2D eigenvalue weighted by atomic mass is 16.1. The van der Waals surface area contributed by atoms with Crippen molar-refractivity contribution in [1.82, 2.24) is 4.57 Å². The SMILES string of the molecule is NCc1cc2c(n(C3CCCC3)c1=O)CCCC2. The Balaban J connectivity index is 2.16. The van der Waals surface area contributed by atoms with Gasteiger partial charge in [0.05, 0.1) is 0 Å².